The molecule has 7 nitrogen and oxygen atoms in total. The predicted octanol–water partition coefficient (Wildman–Crippen LogP) is 2.08. The predicted molar refractivity (Wildman–Crippen MR) is 95.8 cm³/mol. The number of hydrogen-bond donors (Lipinski definition) is 2. The molecule has 2 N–H and O–H groups in total. The van der Waals surface area contributed by atoms with Gasteiger partial charge in [-0.05, 0) is 56.4 Å². The molecule has 26 heavy (non-hydrogen) atoms. The largest absolute Gasteiger partial charge is 0.481 e. The van der Waals surface area contributed by atoms with Crippen molar-refractivity contribution in [2.75, 3.05) is 33.0 Å². The molecule has 1 aliphatic rings. The maximum Gasteiger partial charge on any atom is 0.341 e. The Morgan fingerprint density at radius 2 is 2.04 bits per heavy atom. The van der Waals surface area contributed by atoms with Gasteiger partial charge in [0.1, 0.15) is 5.75 Å². The van der Waals surface area contributed by atoms with Gasteiger partial charge in [-0.3, -0.25) is 4.79 Å². The van der Waals surface area contributed by atoms with Crippen molar-refractivity contribution in [3.63, 3.8) is 0 Å². The van der Waals surface area contributed by atoms with Crippen LogP contribution in [0.5, 0.6) is 5.75 Å². The number of ether oxygens (including phenoxy) is 3. The molecule has 1 fully saturated rings. The summed E-state index contributed by atoms with van der Waals surface area (Å²) in [5, 5.41) is 11.6. The van der Waals surface area contributed by atoms with Crippen molar-refractivity contribution >= 4 is 11.9 Å². The van der Waals surface area contributed by atoms with Crippen LogP contribution < -0.4 is 10.1 Å². The van der Waals surface area contributed by atoms with Crippen LogP contribution in [-0.2, 0) is 14.3 Å². The molecule has 1 aromatic carbocycles. The van der Waals surface area contributed by atoms with Crippen LogP contribution in [0.4, 0.5) is 0 Å². The molecule has 144 valence electrons. The van der Waals surface area contributed by atoms with Gasteiger partial charge in [0, 0.05) is 25.3 Å². The van der Waals surface area contributed by atoms with Crippen LogP contribution in [0.15, 0.2) is 12.1 Å². The maximum absolute atomic E-state index is 12.3. The first-order chi connectivity index (χ1) is 12.5. The average molecular weight is 365 g/mol. The highest BCUT2D eigenvalue weighted by molar-refractivity contribution is 5.94. The Hall–Kier alpha value is -2.12. The molecular formula is C19H27NO6. The van der Waals surface area contributed by atoms with E-state index in [4.69, 9.17) is 19.3 Å². The van der Waals surface area contributed by atoms with Crippen LogP contribution in [0, 0.1) is 13.8 Å². The van der Waals surface area contributed by atoms with Crippen molar-refractivity contribution in [1.82, 2.24) is 5.32 Å². The molecule has 0 bridgehead atoms. The van der Waals surface area contributed by atoms with Crippen molar-refractivity contribution in [2.45, 2.75) is 39.2 Å². The summed E-state index contributed by atoms with van der Waals surface area (Å²) in [5.74, 6) is -0.695. The molecule has 1 unspecified atom stereocenters. The second-order valence-electron chi connectivity index (χ2n) is 6.44. The fourth-order valence-corrected chi connectivity index (χ4v) is 2.91. The molecule has 1 aliphatic heterocycles. The highest BCUT2D eigenvalue weighted by Crippen LogP contribution is 2.24. The normalized spacial score (nSPS) is 16.5. The fourth-order valence-electron chi connectivity index (χ4n) is 2.91. The standard InChI is InChI=1S/C19H27NO6/c1-13-9-15(10-14(2)18(13)26-12-17(21)22)19(23)20-6-4-7-24-11-16-5-3-8-25-16/h9-10,16H,3-8,11-12H2,1-2H3,(H,20,23)(H,21,22). The van der Waals surface area contributed by atoms with Crippen LogP contribution in [0.1, 0.15) is 40.7 Å². The van der Waals surface area contributed by atoms with Crippen LogP contribution in [0.25, 0.3) is 0 Å². The van der Waals surface area contributed by atoms with E-state index in [1.807, 2.05) is 0 Å². The number of benzene rings is 1. The molecule has 1 saturated heterocycles. The second-order valence-corrected chi connectivity index (χ2v) is 6.44. The second kappa shape index (κ2) is 10.1. The van der Waals surface area contributed by atoms with Gasteiger partial charge in [-0.2, -0.15) is 0 Å². The van der Waals surface area contributed by atoms with Crippen LogP contribution >= 0.6 is 0 Å². The minimum absolute atomic E-state index is 0.167. The van der Waals surface area contributed by atoms with Crippen molar-refractivity contribution < 1.29 is 28.9 Å². The molecule has 1 amide bonds. The van der Waals surface area contributed by atoms with Gasteiger partial charge >= 0.3 is 5.97 Å². The van der Waals surface area contributed by atoms with Crippen LogP contribution in [0.3, 0.4) is 0 Å². The van der Waals surface area contributed by atoms with E-state index in [1.165, 1.54) is 0 Å². The van der Waals surface area contributed by atoms with E-state index in [2.05, 4.69) is 5.32 Å². The van der Waals surface area contributed by atoms with E-state index < -0.39 is 12.6 Å². The molecule has 0 saturated carbocycles. The number of amides is 1. The molecule has 2 rings (SSSR count). The zero-order valence-corrected chi connectivity index (χ0v) is 15.4. The smallest absolute Gasteiger partial charge is 0.341 e. The van der Waals surface area contributed by atoms with Gasteiger partial charge in [-0.15, -0.1) is 0 Å². The molecule has 1 heterocycles. The average Bonchev–Trinajstić information content (AvgIpc) is 3.10. The number of rotatable bonds is 10. The number of aryl methyl sites for hydroxylation is 2. The number of carboxylic acids is 1. The lowest BCUT2D eigenvalue weighted by Gasteiger charge is -2.13. The quantitative estimate of drug-likeness (QED) is 0.617. The Morgan fingerprint density at radius 3 is 2.65 bits per heavy atom. The summed E-state index contributed by atoms with van der Waals surface area (Å²) in [6, 6.07) is 3.40. The third kappa shape index (κ3) is 6.31. The van der Waals surface area contributed by atoms with Crippen LogP contribution in [-0.4, -0.2) is 56.1 Å². The van der Waals surface area contributed by atoms with E-state index in [1.54, 1.807) is 26.0 Å². The fraction of sp³-hybridized carbons (Fsp3) is 0.579. The molecule has 0 radical (unpaired) electrons. The lowest BCUT2D eigenvalue weighted by Crippen LogP contribution is -2.26. The van der Waals surface area contributed by atoms with Gasteiger partial charge in [0.15, 0.2) is 6.61 Å². The molecule has 0 aromatic heterocycles. The molecule has 0 aliphatic carbocycles. The van der Waals surface area contributed by atoms with Gasteiger partial charge in [0.05, 0.1) is 12.7 Å². The third-order valence-corrected chi connectivity index (χ3v) is 4.14. The van der Waals surface area contributed by atoms with Gasteiger partial charge in [0.25, 0.3) is 5.91 Å². The summed E-state index contributed by atoms with van der Waals surface area (Å²) in [4.78, 5) is 22.9. The maximum atomic E-state index is 12.3. The molecule has 7 heteroatoms. The summed E-state index contributed by atoms with van der Waals surface area (Å²) in [5.41, 5.74) is 2.00. The Bertz CT molecular complexity index is 601. The van der Waals surface area contributed by atoms with E-state index in [9.17, 15) is 9.59 Å². The topological polar surface area (TPSA) is 94.1 Å². The van der Waals surface area contributed by atoms with Crippen molar-refractivity contribution in [2.24, 2.45) is 0 Å². The summed E-state index contributed by atoms with van der Waals surface area (Å²) in [7, 11) is 0. The number of hydrogen-bond acceptors (Lipinski definition) is 5. The third-order valence-electron chi connectivity index (χ3n) is 4.14. The van der Waals surface area contributed by atoms with E-state index >= 15 is 0 Å². The van der Waals surface area contributed by atoms with Crippen molar-refractivity contribution in [3.8, 4) is 5.75 Å². The number of nitrogens with one attached hydrogen (secondary N) is 1. The van der Waals surface area contributed by atoms with Gasteiger partial charge in [0.2, 0.25) is 0 Å². The summed E-state index contributed by atoms with van der Waals surface area (Å²) in [6.45, 7) is 5.73. The minimum atomic E-state index is -1.03. The monoisotopic (exact) mass is 365 g/mol. The Balaban J connectivity index is 1.73. The summed E-state index contributed by atoms with van der Waals surface area (Å²) in [6.07, 6.45) is 3.11. The number of carbonyl (C=O) groups excluding carboxylic acids is 1. The van der Waals surface area contributed by atoms with Crippen molar-refractivity contribution in [3.05, 3.63) is 28.8 Å². The Kier molecular flexibility index (Phi) is 7.87. The zero-order valence-electron chi connectivity index (χ0n) is 15.4. The summed E-state index contributed by atoms with van der Waals surface area (Å²) < 4.78 is 16.3. The minimum Gasteiger partial charge on any atom is -0.481 e. The molecule has 1 aromatic rings. The molecule has 1 atom stereocenters. The van der Waals surface area contributed by atoms with Gasteiger partial charge < -0.3 is 24.6 Å². The van der Waals surface area contributed by atoms with Crippen molar-refractivity contribution in [1.29, 1.82) is 0 Å². The SMILES string of the molecule is Cc1cc(C(=O)NCCCOCC2CCCO2)cc(C)c1OCC(=O)O. The highest BCUT2D eigenvalue weighted by atomic mass is 16.5. The van der Waals surface area contributed by atoms with E-state index in [-0.39, 0.29) is 12.0 Å². The summed E-state index contributed by atoms with van der Waals surface area (Å²) >= 11 is 0. The zero-order chi connectivity index (χ0) is 18.9. The number of carbonyl (C=O) groups is 2. The number of aliphatic carboxylic acids is 1. The molecule has 0 spiro atoms. The molecular weight excluding hydrogens is 338 g/mol. The highest BCUT2D eigenvalue weighted by Gasteiger charge is 2.15. The first kappa shape index (κ1) is 20.2. The van der Waals surface area contributed by atoms with E-state index in [0.717, 1.165) is 37.0 Å². The lowest BCUT2D eigenvalue weighted by molar-refractivity contribution is -0.139. The number of carboxylic acid groups (broad SMARTS) is 1. The van der Waals surface area contributed by atoms with Crippen LogP contribution in [0.2, 0.25) is 0 Å². The first-order valence-corrected chi connectivity index (χ1v) is 8.90. The van der Waals surface area contributed by atoms with E-state index in [0.29, 0.717) is 31.1 Å². The Morgan fingerprint density at radius 1 is 1.31 bits per heavy atom. The van der Waals surface area contributed by atoms with Gasteiger partial charge in [-0.25, -0.2) is 4.79 Å². The Labute approximate surface area is 153 Å². The first-order valence-electron chi connectivity index (χ1n) is 8.90. The van der Waals surface area contributed by atoms with Gasteiger partial charge in [-0.1, -0.05) is 0 Å². The lowest BCUT2D eigenvalue weighted by atomic mass is 10.1.